The number of nitrogens with zero attached hydrogens (tertiary/aromatic N) is 2. The Morgan fingerprint density at radius 2 is 1.78 bits per heavy atom. The van der Waals surface area contributed by atoms with Crippen LogP contribution < -0.4 is 0 Å². The van der Waals surface area contributed by atoms with E-state index in [4.69, 9.17) is 9.47 Å². The van der Waals surface area contributed by atoms with Crippen LogP contribution in [0, 0.1) is 5.82 Å². The molecular formula is C27H30FN3O5. The summed E-state index contributed by atoms with van der Waals surface area (Å²) in [7, 11) is 0. The monoisotopic (exact) mass is 495 g/mol. The van der Waals surface area contributed by atoms with Gasteiger partial charge in [-0.15, -0.1) is 0 Å². The Balaban J connectivity index is 1.48. The molecule has 2 aliphatic rings. The number of aliphatic hydroxyl groups is 1. The quantitative estimate of drug-likeness (QED) is 0.562. The second-order valence-electron chi connectivity index (χ2n) is 10.4. The van der Waals surface area contributed by atoms with Crippen LogP contribution in [0.5, 0.6) is 0 Å². The van der Waals surface area contributed by atoms with Crippen LogP contribution in [0.3, 0.4) is 0 Å². The van der Waals surface area contributed by atoms with E-state index >= 15 is 0 Å². The molecule has 4 atom stereocenters. The molecule has 36 heavy (non-hydrogen) atoms. The molecule has 2 saturated heterocycles. The van der Waals surface area contributed by atoms with Crippen molar-refractivity contribution in [2.75, 3.05) is 13.1 Å². The fraction of sp³-hybridized carbons (Fsp3) is 0.407. The van der Waals surface area contributed by atoms with E-state index in [1.165, 1.54) is 21.9 Å². The van der Waals surface area contributed by atoms with Crippen molar-refractivity contribution in [2.24, 2.45) is 0 Å². The molecule has 0 bridgehead atoms. The fourth-order valence-electron chi connectivity index (χ4n) is 5.36. The minimum Gasteiger partial charge on any atom is -0.445 e. The molecule has 0 spiro atoms. The number of fused-ring (bicyclic) bond motifs is 2. The molecule has 0 aliphatic carbocycles. The maximum atomic E-state index is 13.8. The average Bonchev–Trinajstić information content (AvgIpc) is 3.50. The van der Waals surface area contributed by atoms with Gasteiger partial charge in [0.25, 0.3) is 0 Å². The van der Waals surface area contributed by atoms with Gasteiger partial charge in [-0.25, -0.2) is 14.0 Å². The molecule has 1 aromatic heterocycles. The second kappa shape index (κ2) is 9.13. The van der Waals surface area contributed by atoms with Gasteiger partial charge in [0.2, 0.25) is 0 Å². The first-order valence-corrected chi connectivity index (χ1v) is 12.0. The van der Waals surface area contributed by atoms with Crippen LogP contribution in [0.1, 0.15) is 37.8 Å². The lowest BCUT2D eigenvalue weighted by Crippen LogP contribution is -2.46. The molecule has 3 heterocycles. The predicted molar refractivity (Wildman–Crippen MR) is 131 cm³/mol. The van der Waals surface area contributed by atoms with Crippen LogP contribution in [0.15, 0.2) is 54.7 Å². The lowest BCUT2D eigenvalue weighted by molar-refractivity contribution is 0.0197. The predicted octanol–water partition coefficient (Wildman–Crippen LogP) is 4.39. The summed E-state index contributed by atoms with van der Waals surface area (Å²) in [4.78, 5) is 32.5. The van der Waals surface area contributed by atoms with E-state index in [-0.39, 0.29) is 31.4 Å². The highest BCUT2D eigenvalue weighted by molar-refractivity contribution is 5.84. The van der Waals surface area contributed by atoms with Gasteiger partial charge in [0.05, 0.1) is 24.7 Å². The third-order valence-electron chi connectivity index (χ3n) is 6.80. The highest BCUT2D eigenvalue weighted by Crippen LogP contribution is 2.44. The van der Waals surface area contributed by atoms with Gasteiger partial charge in [-0.1, -0.05) is 30.3 Å². The van der Waals surface area contributed by atoms with E-state index in [9.17, 15) is 19.1 Å². The Bertz CT molecular complexity index is 1270. The molecule has 190 valence electrons. The van der Waals surface area contributed by atoms with Crippen molar-refractivity contribution in [3.8, 4) is 0 Å². The first-order chi connectivity index (χ1) is 17.1. The average molecular weight is 496 g/mol. The van der Waals surface area contributed by atoms with Crippen molar-refractivity contribution >= 4 is 23.1 Å². The van der Waals surface area contributed by atoms with Gasteiger partial charge >= 0.3 is 12.2 Å². The third-order valence-corrected chi connectivity index (χ3v) is 6.80. The minimum atomic E-state index is -0.973. The first-order valence-electron chi connectivity index (χ1n) is 12.0. The number of carbonyl (C=O) groups is 2. The Morgan fingerprint density at radius 3 is 2.50 bits per heavy atom. The maximum absolute atomic E-state index is 13.8. The summed E-state index contributed by atoms with van der Waals surface area (Å²) in [5, 5.41) is 11.8. The number of carbonyl (C=O) groups excluding carboxylic acids is 2. The number of ether oxygens (including phenoxy) is 2. The molecule has 5 rings (SSSR count). The Hall–Kier alpha value is -3.59. The van der Waals surface area contributed by atoms with Crippen LogP contribution >= 0.6 is 0 Å². The van der Waals surface area contributed by atoms with Gasteiger partial charge in [0.15, 0.2) is 0 Å². The molecule has 2 fully saturated rings. The zero-order valence-electron chi connectivity index (χ0n) is 20.5. The van der Waals surface area contributed by atoms with E-state index in [1.54, 1.807) is 33.0 Å². The van der Waals surface area contributed by atoms with Gasteiger partial charge in [-0.3, -0.25) is 9.80 Å². The van der Waals surface area contributed by atoms with E-state index in [2.05, 4.69) is 4.98 Å². The first kappa shape index (κ1) is 24.1. The number of aliphatic hydroxyl groups excluding tert-OH is 1. The summed E-state index contributed by atoms with van der Waals surface area (Å²) >= 11 is 0. The molecule has 8 nitrogen and oxygen atoms in total. The zero-order chi connectivity index (χ0) is 25.6. The lowest BCUT2D eigenvalue weighted by atomic mass is 9.91. The van der Waals surface area contributed by atoms with Crippen LogP contribution in [0.4, 0.5) is 14.0 Å². The summed E-state index contributed by atoms with van der Waals surface area (Å²) in [5.74, 6) is -0.707. The number of likely N-dealkylation sites (tertiary alicyclic amines) is 2. The standard InChI is InChI=1S/C27H30FN3O5/c1-27(2,3)36-26(34)31-14-22(32)24-23(31)20(19-12-29-21-11-17(28)9-10-18(19)21)13-30(24)25(33)35-15-16-7-5-4-6-8-16/h4-12,20,22-24,29,32H,13-15H2,1-3H3/t20-,22?,23+,24+/m0/s1. The van der Waals surface area contributed by atoms with Crippen molar-refractivity contribution in [1.82, 2.24) is 14.8 Å². The van der Waals surface area contributed by atoms with Crippen molar-refractivity contribution < 1.29 is 28.6 Å². The van der Waals surface area contributed by atoms with Gasteiger partial charge < -0.3 is 19.6 Å². The van der Waals surface area contributed by atoms with Crippen molar-refractivity contribution in [3.63, 3.8) is 0 Å². The number of halogens is 1. The zero-order valence-corrected chi connectivity index (χ0v) is 20.5. The van der Waals surface area contributed by atoms with Crippen molar-refractivity contribution in [1.29, 1.82) is 0 Å². The maximum Gasteiger partial charge on any atom is 0.410 e. The number of hydrogen-bond donors (Lipinski definition) is 2. The number of benzene rings is 2. The topological polar surface area (TPSA) is 95.1 Å². The molecule has 2 amide bonds. The molecule has 3 aromatic rings. The van der Waals surface area contributed by atoms with Crippen LogP contribution in [0.25, 0.3) is 10.9 Å². The summed E-state index contributed by atoms with van der Waals surface area (Å²) in [5.41, 5.74) is 1.58. The molecule has 2 N–H and O–H groups in total. The third kappa shape index (κ3) is 4.51. The van der Waals surface area contributed by atoms with E-state index in [1.807, 2.05) is 30.3 Å². The molecule has 0 saturated carbocycles. The molecule has 2 aromatic carbocycles. The molecular weight excluding hydrogens is 465 g/mol. The SMILES string of the molecule is CC(C)(C)OC(=O)N1CC(O)[C@@H]2[C@H]1[C@H](c1c[nH]c3cc(F)ccc13)CN2C(=O)OCc1ccccc1. The highest BCUT2D eigenvalue weighted by Gasteiger charge is 2.57. The van der Waals surface area contributed by atoms with Crippen LogP contribution in [0.2, 0.25) is 0 Å². The van der Waals surface area contributed by atoms with Gasteiger partial charge in [0, 0.05) is 29.6 Å². The number of amides is 2. The van der Waals surface area contributed by atoms with E-state index in [0.717, 1.165) is 16.5 Å². The van der Waals surface area contributed by atoms with Crippen molar-refractivity contribution in [2.45, 2.75) is 57.1 Å². The number of aromatic amines is 1. The normalized spacial score (nSPS) is 23.7. The summed E-state index contributed by atoms with van der Waals surface area (Å²) in [6.45, 7) is 5.69. The summed E-state index contributed by atoms with van der Waals surface area (Å²) in [6.07, 6.45) is -0.306. The summed E-state index contributed by atoms with van der Waals surface area (Å²) < 4.78 is 25.0. The molecule has 1 unspecified atom stereocenters. The second-order valence-corrected chi connectivity index (χ2v) is 10.4. The van der Waals surface area contributed by atoms with E-state index in [0.29, 0.717) is 5.52 Å². The highest BCUT2D eigenvalue weighted by atomic mass is 19.1. The fourth-order valence-corrected chi connectivity index (χ4v) is 5.36. The van der Waals surface area contributed by atoms with Gasteiger partial charge in [-0.2, -0.15) is 0 Å². The minimum absolute atomic E-state index is 0.0280. The number of β-amino-alcohol motifs (C(OH)–C–C–N with tert-alkyl or cyclic N) is 1. The van der Waals surface area contributed by atoms with Crippen LogP contribution in [-0.4, -0.2) is 69.0 Å². The van der Waals surface area contributed by atoms with Crippen molar-refractivity contribution in [3.05, 3.63) is 71.7 Å². The Labute approximate surface area is 208 Å². The van der Waals surface area contributed by atoms with E-state index < -0.39 is 36.0 Å². The Kier molecular flexibility index (Phi) is 6.12. The number of H-pyrrole nitrogens is 1. The lowest BCUT2D eigenvalue weighted by Gasteiger charge is -2.30. The molecule has 0 radical (unpaired) electrons. The Morgan fingerprint density at radius 1 is 1.06 bits per heavy atom. The van der Waals surface area contributed by atoms with Crippen LogP contribution in [-0.2, 0) is 16.1 Å². The van der Waals surface area contributed by atoms with Gasteiger partial charge in [0.1, 0.15) is 18.0 Å². The largest absolute Gasteiger partial charge is 0.445 e. The number of nitrogens with one attached hydrogen (secondary N) is 1. The molecule has 9 heteroatoms. The van der Waals surface area contributed by atoms with Gasteiger partial charge in [-0.05, 0) is 50.1 Å². The number of aromatic nitrogens is 1. The smallest absolute Gasteiger partial charge is 0.410 e. The number of hydrogen-bond acceptors (Lipinski definition) is 5. The summed E-state index contributed by atoms with van der Waals surface area (Å²) in [6, 6.07) is 12.6. The molecule has 2 aliphatic heterocycles. The number of rotatable bonds is 3.